The van der Waals surface area contributed by atoms with Gasteiger partial charge in [-0.25, -0.2) is 4.98 Å². The van der Waals surface area contributed by atoms with Crippen molar-refractivity contribution in [3.05, 3.63) is 36.3 Å². The van der Waals surface area contributed by atoms with Gasteiger partial charge in [-0.15, -0.1) is 24.8 Å². The summed E-state index contributed by atoms with van der Waals surface area (Å²) in [6, 6.07) is 3.66. The zero-order chi connectivity index (χ0) is 15.4. The second-order valence-corrected chi connectivity index (χ2v) is 5.98. The van der Waals surface area contributed by atoms with Gasteiger partial charge in [0.2, 0.25) is 0 Å². The Balaban J connectivity index is 0.00000144. The molecule has 24 heavy (non-hydrogen) atoms. The van der Waals surface area contributed by atoms with Crippen LogP contribution < -0.4 is 10.6 Å². The van der Waals surface area contributed by atoms with Gasteiger partial charge in [0.05, 0.1) is 12.2 Å². The van der Waals surface area contributed by atoms with Gasteiger partial charge in [-0.1, -0.05) is 0 Å². The molecule has 6 nitrogen and oxygen atoms in total. The van der Waals surface area contributed by atoms with Gasteiger partial charge < -0.3 is 19.8 Å². The highest BCUT2D eigenvalue weighted by Crippen LogP contribution is 2.28. The first-order valence-electron chi connectivity index (χ1n) is 7.63. The largest absolute Gasteiger partial charge is 0.384 e. The number of nitrogens with zero attached hydrogens (tertiary/aromatic N) is 2. The van der Waals surface area contributed by atoms with E-state index in [1.165, 1.54) is 0 Å². The number of piperidine rings is 1. The van der Waals surface area contributed by atoms with E-state index in [2.05, 4.69) is 15.6 Å². The minimum Gasteiger partial charge on any atom is -0.384 e. The molecule has 134 valence electrons. The Bertz CT molecular complexity index is 651. The molecule has 3 heterocycles. The van der Waals surface area contributed by atoms with Crippen molar-refractivity contribution in [1.82, 2.24) is 20.0 Å². The third-order valence-electron chi connectivity index (χ3n) is 4.39. The van der Waals surface area contributed by atoms with Gasteiger partial charge >= 0.3 is 0 Å². The number of aromatic nitrogens is 2. The number of methoxy groups -OCH3 is 1. The molecule has 0 unspecified atom stereocenters. The van der Waals surface area contributed by atoms with Crippen LogP contribution in [0.1, 0.15) is 23.2 Å². The molecule has 0 bridgehead atoms. The molecule has 0 saturated carbocycles. The number of hydrogen-bond donors (Lipinski definition) is 2. The van der Waals surface area contributed by atoms with Gasteiger partial charge in [-0.3, -0.25) is 4.79 Å². The lowest BCUT2D eigenvalue weighted by atomic mass is 9.79. The standard InChI is InChI=1S/C16H22N4O2.2ClH/c1-22-12-16(4-6-17-7-5-16)11-19-15(21)13-2-3-14-18-8-9-20(14)10-13;;/h2-3,8-10,17H,4-7,11-12H2,1H3,(H,19,21);2*1H. The number of nitrogens with one attached hydrogen (secondary N) is 2. The van der Waals surface area contributed by atoms with Crippen LogP contribution in [-0.4, -0.2) is 48.6 Å². The predicted molar refractivity (Wildman–Crippen MR) is 98.4 cm³/mol. The lowest BCUT2D eigenvalue weighted by Crippen LogP contribution is -2.47. The summed E-state index contributed by atoms with van der Waals surface area (Å²) < 4.78 is 7.23. The van der Waals surface area contributed by atoms with Gasteiger partial charge in [0, 0.05) is 37.7 Å². The summed E-state index contributed by atoms with van der Waals surface area (Å²) in [6.07, 6.45) is 7.40. The Labute approximate surface area is 154 Å². The van der Waals surface area contributed by atoms with Crippen LogP contribution in [-0.2, 0) is 4.74 Å². The van der Waals surface area contributed by atoms with Crippen LogP contribution in [0, 0.1) is 5.41 Å². The average molecular weight is 375 g/mol. The van der Waals surface area contributed by atoms with Crippen molar-refractivity contribution < 1.29 is 9.53 Å². The molecule has 0 aromatic carbocycles. The highest BCUT2D eigenvalue weighted by molar-refractivity contribution is 5.94. The second kappa shape index (κ2) is 9.22. The van der Waals surface area contributed by atoms with Gasteiger partial charge in [0.25, 0.3) is 5.91 Å². The first-order chi connectivity index (χ1) is 10.7. The van der Waals surface area contributed by atoms with Crippen LogP contribution in [0.15, 0.2) is 30.7 Å². The smallest absolute Gasteiger partial charge is 0.252 e. The molecule has 8 heteroatoms. The van der Waals surface area contributed by atoms with E-state index in [-0.39, 0.29) is 36.1 Å². The molecule has 1 amide bonds. The Morgan fingerprint density at radius 2 is 2.12 bits per heavy atom. The number of carbonyl (C=O) groups is 1. The zero-order valence-electron chi connectivity index (χ0n) is 13.7. The quantitative estimate of drug-likeness (QED) is 0.838. The molecule has 0 spiro atoms. The first-order valence-corrected chi connectivity index (χ1v) is 7.63. The molecule has 2 aromatic heterocycles. The van der Waals surface area contributed by atoms with Crippen LogP contribution in [0.2, 0.25) is 0 Å². The fourth-order valence-corrected chi connectivity index (χ4v) is 3.06. The maximum atomic E-state index is 12.4. The van der Waals surface area contributed by atoms with Crippen molar-refractivity contribution in [2.45, 2.75) is 12.8 Å². The van der Waals surface area contributed by atoms with Crippen molar-refractivity contribution in [3.8, 4) is 0 Å². The number of ether oxygens (including phenoxy) is 1. The lowest BCUT2D eigenvalue weighted by Gasteiger charge is -2.37. The van der Waals surface area contributed by atoms with E-state index in [1.807, 2.05) is 28.9 Å². The third kappa shape index (κ3) is 4.60. The second-order valence-electron chi connectivity index (χ2n) is 5.98. The summed E-state index contributed by atoms with van der Waals surface area (Å²) in [6.45, 7) is 3.26. The molecule has 1 aliphatic rings. The lowest BCUT2D eigenvalue weighted by molar-refractivity contribution is 0.0511. The molecule has 1 aliphatic heterocycles. The number of fused-ring (bicyclic) bond motifs is 1. The van der Waals surface area contributed by atoms with E-state index in [0.717, 1.165) is 31.6 Å². The molecule has 1 fully saturated rings. The highest BCUT2D eigenvalue weighted by atomic mass is 35.5. The van der Waals surface area contributed by atoms with Crippen LogP contribution in [0.3, 0.4) is 0 Å². The van der Waals surface area contributed by atoms with Crippen molar-refractivity contribution in [1.29, 1.82) is 0 Å². The molecule has 2 N–H and O–H groups in total. The molecule has 1 saturated heterocycles. The molecular weight excluding hydrogens is 351 g/mol. The number of hydrogen-bond acceptors (Lipinski definition) is 4. The summed E-state index contributed by atoms with van der Waals surface area (Å²) in [5.74, 6) is -0.0513. The van der Waals surface area contributed by atoms with Crippen molar-refractivity contribution >= 4 is 36.4 Å². The number of rotatable bonds is 5. The van der Waals surface area contributed by atoms with E-state index in [0.29, 0.717) is 18.7 Å². The van der Waals surface area contributed by atoms with Crippen LogP contribution in [0.5, 0.6) is 0 Å². The molecule has 0 aliphatic carbocycles. The van der Waals surface area contributed by atoms with E-state index in [4.69, 9.17) is 4.74 Å². The van der Waals surface area contributed by atoms with Gasteiger partial charge in [-0.2, -0.15) is 0 Å². The van der Waals surface area contributed by atoms with E-state index in [9.17, 15) is 4.79 Å². The summed E-state index contributed by atoms with van der Waals surface area (Å²) >= 11 is 0. The molecular formula is C16H24Cl2N4O2. The first kappa shape index (κ1) is 20.7. The van der Waals surface area contributed by atoms with Gasteiger partial charge in [-0.05, 0) is 38.1 Å². The Morgan fingerprint density at radius 3 is 2.83 bits per heavy atom. The fraction of sp³-hybridized carbons (Fsp3) is 0.500. The van der Waals surface area contributed by atoms with Crippen molar-refractivity contribution in [2.24, 2.45) is 5.41 Å². The maximum absolute atomic E-state index is 12.4. The van der Waals surface area contributed by atoms with Crippen LogP contribution >= 0.6 is 24.8 Å². The molecule has 0 radical (unpaired) electrons. The van der Waals surface area contributed by atoms with E-state index in [1.54, 1.807) is 13.3 Å². The number of amides is 1. The summed E-state index contributed by atoms with van der Waals surface area (Å²) in [5.41, 5.74) is 1.52. The minimum absolute atomic E-state index is 0. The zero-order valence-corrected chi connectivity index (χ0v) is 15.3. The Kier molecular flexibility index (Phi) is 7.96. The number of imidazole rings is 1. The summed E-state index contributed by atoms with van der Waals surface area (Å²) in [5, 5.41) is 6.43. The van der Waals surface area contributed by atoms with Gasteiger partial charge in [0.1, 0.15) is 5.65 Å². The SMILES string of the molecule is COCC1(CNC(=O)c2ccc3nccn3c2)CCNCC1.Cl.Cl. The van der Waals surface area contributed by atoms with Crippen LogP contribution in [0.4, 0.5) is 0 Å². The summed E-state index contributed by atoms with van der Waals surface area (Å²) in [4.78, 5) is 16.6. The average Bonchev–Trinajstić information content (AvgIpc) is 3.01. The number of carbonyl (C=O) groups excluding carboxylic acids is 1. The van der Waals surface area contributed by atoms with Crippen molar-refractivity contribution in [2.75, 3.05) is 33.4 Å². The third-order valence-corrected chi connectivity index (χ3v) is 4.39. The Morgan fingerprint density at radius 1 is 1.38 bits per heavy atom. The maximum Gasteiger partial charge on any atom is 0.252 e. The minimum atomic E-state index is -0.0513. The monoisotopic (exact) mass is 374 g/mol. The van der Waals surface area contributed by atoms with E-state index < -0.39 is 0 Å². The predicted octanol–water partition coefficient (Wildman–Crippen LogP) is 1.92. The normalized spacial score (nSPS) is 16.0. The van der Waals surface area contributed by atoms with E-state index >= 15 is 0 Å². The molecule has 2 aromatic rings. The topological polar surface area (TPSA) is 67.7 Å². The Hall–Kier alpha value is -1.34. The number of pyridine rings is 1. The fourth-order valence-electron chi connectivity index (χ4n) is 3.06. The molecule has 0 atom stereocenters. The van der Waals surface area contributed by atoms with Crippen molar-refractivity contribution in [3.63, 3.8) is 0 Å². The molecule has 3 rings (SSSR count). The van der Waals surface area contributed by atoms with Crippen LogP contribution in [0.25, 0.3) is 5.65 Å². The number of halogens is 2. The highest BCUT2D eigenvalue weighted by Gasteiger charge is 2.32. The summed E-state index contributed by atoms with van der Waals surface area (Å²) in [7, 11) is 1.72. The van der Waals surface area contributed by atoms with Gasteiger partial charge in [0.15, 0.2) is 0 Å².